The summed E-state index contributed by atoms with van der Waals surface area (Å²) < 4.78 is 32.7. The summed E-state index contributed by atoms with van der Waals surface area (Å²) in [4.78, 5) is 42.7. The van der Waals surface area contributed by atoms with Gasteiger partial charge in [-0.15, -0.1) is 11.3 Å². The molecule has 0 bridgehead atoms. The molecule has 0 fully saturated rings. The summed E-state index contributed by atoms with van der Waals surface area (Å²) in [5.41, 5.74) is 3.09. The maximum atomic E-state index is 12.6. The molecule has 186 valence electrons. The van der Waals surface area contributed by atoms with Crippen LogP contribution in [-0.2, 0) is 44.1 Å². The third-order valence-corrected chi connectivity index (χ3v) is 9.38. The molecule has 1 aliphatic rings. The molecule has 3 aromatic rings. The van der Waals surface area contributed by atoms with E-state index in [9.17, 15) is 22.8 Å². The third-order valence-electron chi connectivity index (χ3n) is 5.69. The Kier molecular flexibility index (Phi) is 7.25. The number of ether oxygens (including phenoxy) is 1. The molecule has 2 heterocycles. The highest BCUT2D eigenvalue weighted by atomic mass is 32.2. The summed E-state index contributed by atoms with van der Waals surface area (Å²) in [5.74, 6) is -4.01. The number of nitrogens with one attached hydrogen (secondary N) is 1. The standard InChI is InChI=1S/C23H25N3O6S3/c1-13-8-9-15-17(10-13)34-23(26(15)2)25-19(28)12-35(30,31)11-18(27)24-21-20(22(29)32-3)14-6-4-5-7-16(14)33-21/h8-10H,4-7,11-12H2,1-3H3,(H,24,27). The van der Waals surface area contributed by atoms with Gasteiger partial charge in [0.25, 0.3) is 5.91 Å². The number of rotatable bonds is 6. The number of fused-ring (bicyclic) bond motifs is 2. The van der Waals surface area contributed by atoms with Crippen LogP contribution < -0.4 is 10.1 Å². The van der Waals surface area contributed by atoms with Crippen LogP contribution in [-0.4, -0.2) is 49.4 Å². The van der Waals surface area contributed by atoms with Gasteiger partial charge in [-0.05, 0) is 55.9 Å². The fraction of sp³-hybridized carbons (Fsp3) is 0.391. The first kappa shape index (κ1) is 25.3. The first-order chi connectivity index (χ1) is 16.6. The zero-order chi connectivity index (χ0) is 25.3. The van der Waals surface area contributed by atoms with Crippen molar-refractivity contribution in [2.45, 2.75) is 32.6 Å². The third kappa shape index (κ3) is 5.54. The quantitative estimate of drug-likeness (QED) is 0.484. The zero-order valence-corrected chi connectivity index (χ0v) is 22.0. The smallest absolute Gasteiger partial charge is 0.341 e. The molecular weight excluding hydrogens is 510 g/mol. The zero-order valence-electron chi connectivity index (χ0n) is 19.5. The number of hydrogen-bond donors (Lipinski definition) is 1. The number of carbonyl (C=O) groups excluding carboxylic acids is 3. The molecule has 1 N–H and O–H groups in total. The number of amides is 2. The van der Waals surface area contributed by atoms with Crippen LogP contribution in [0, 0.1) is 6.92 Å². The Morgan fingerprint density at radius 3 is 2.63 bits per heavy atom. The first-order valence-electron chi connectivity index (χ1n) is 10.9. The fourth-order valence-corrected chi connectivity index (χ4v) is 7.50. The van der Waals surface area contributed by atoms with Crippen LogP contribution in [0.2, 0.25) is 0 Å². The molecule has 35 heavy (non-hydrogen) atoms. The van der Waals surface area contributed by atoms with Crippen molar-refractivity contribution in [3.05, 3.63) is 44.6 Å². The summed E-state index contributed by atoms with van der Waals surface area (Å²) in [6.07, 6.45) is 3.41. The van der Waals surface area contributed by atoms with Gasteiger partial charge in [-0.25, -0.2) is 13.2 Å². The summed E-state index contributed by atoms with van der Waals surface area (Å²) in [7, 11) is -1.07. The largest absolute Gasteiger partial charge is 0.465 e. The Bertz CT molecular complexity index is 1510. The topological polar surface area (TPSA) is 124 Å². The molecular formula is C23H25N3O6S3. The number of methoxy groups -OCH3 is 1. The lowest BCUT2D eigenvalue weighted by molar-refractivity contribution is -0.115. The van der Waals surface area contributed by atoms with Gasteiger partial charge < -0.3 is 14.6 Å². The molecule has 1 aromatic carbocycles. The van der Waals surface area contributed by atoms with Crippen molar-refractivity contribution in [3.63, 3.8) is 0 Å². The van der Waals surface area contributed by atoms with Crippen molar-refractivity contribution in [1.82, 2.24) is 4.57 Å². The summed E-state index contributed by atoms with van der Waals surface area (Å²) in [5, 5.41) is 2.83. The monoisotopic (exact) mass is 535 g/mol. The molecule has 2 amide bonds. The van der Waals surface area contributed by atoms with E-state index < -0.39 is 39.1 Å². The van der Waals surface area contributed by atoms with Gasteiger partial charge in [0.1, 0.15) is 16.5 Å². The number of esters is 1. The van der Waals surface area contributed by atoms with Crippen molar-refractivity contribution in [3.8, 4) is 0 Å². The number of hydrogen-bond acceptors (Lipinski definition) is 8. The van der Waals surface area contributed by atoms with Gasteiger partial charge in [0.15, 0.2) is 14.6 Å². The molecule has 1 aliphatic carbocycles. The van der Waals surface area contributed by atoms with Gasteiger partial charge >= 0.3 is 5.97 Å². The van der Waals surface area contributed by atoms with E-state index in [-0.39, 0.29) is 10.6 Å². The molecule has 0 atom stereocenters. The second kappa shape index (κ2) is 10.0. The molecule has 0 unspecified atom stereocenters. The van der Waals surface area contributed by atoms with Crippen LogP contribution in [0.4, 0.5) is 5.00 Å². The average molecular weight is 536 g/mol. The number of anilines is 1. The molecule has 2 aromatic heterocycles. The lowest BCUT2D eigenvalue weighted by atomic mass is 9.95. The minimum absolute atomic E-state index is 0.285. The van der Waals surface area contributed by atoms with Gasteiger partial charge in [0.2, 0.25) is 5.91 Å². The molecule has 4 rings (SSSR count). The predicted octanol–water partition coefficient (Wildman–Crippen LogP) is 2.76. The van der Waals surface area contributed by atoms with Crippen molar-refractivity contribution in [1.29, 1.82) is 0 Å². The van der Waals surface area contributed by atoms with Gasteiger partial charge in [-0.3, -0.25) is 9.59 Å². The van der Waals surface area contributed by atoms with Gasteiger partial charge in [-0.1, -0.05) is 17.4 Å². The fourth-order valence-electron chi connectivity index (χ4n) is 4.06. The van der Waals surface area contributed by atoms with Crippen molar-refractivity contribution in [2.24, 2.45) is 12.0 Å². The number of aryl methyl sites for hydroxylation is 3. The van der Waals surface area contributed by atoms with Crippen LogP contribution in [0.3, 0.4) is 0 Å². The van der Waals surface area contributed by atoms with Crippen molar-refractivity contribution in [2.75, 3.05) is 23.9 Å². The Morgan fingerprint density at radius 1 is 1.14 bits per heavy atom. The number of aromatic nitrogens is 1. The van der Waals surface area contributed by atoms with Crippen LogP contribution in [0.25, 0.3) is 10.2 Å². The Balaban J connectivity index is 1.48. The van der Waals surface area contributed by atoms with E-state index in [2.05, 4.69) is 10.3 Å². The first-order valence-corrected chi connectivity index (χ1v) is 14.4. The maximum absolute atomic E-state index is 12.6. The summed E-state index contributed by atoms with van der Waals surface area (Å²) >= 11 is 2.55. The number of sulfone groups is 1. The molecule has 0 saturated carbocycles. The lowest BCUT2D eigenvalue weighted by Gasteiger charge is -2.11. The molecule has 0 saturated heterocycles. The maximum Gasteiger partial charge on any atom is 0.341 e. The van der Waals surface area contributed by atoms with Crippen LogP contribution >= 0.6 is 22.7 Å². The Hall–Kier alpha value is -2.83. The number of thiazole rings is 1. The lowest BCUT2D eigenvalue weighted by Crippen LogP contribution is -2.28. The molecule has 9 nitrogen and oxygen atoms in total. The van der Waals surface area contributed by atoms with E-state index in [0.29, 0.717) is 11.2 Å². The molecule has 0 aliphatic heterocycles. The molecule has 0 spiro atoms. The van der Waals surface area contributed by atoms with Crippen LogP contribution in [0.5, 0.6) is 0 Å². The van der Waals surface area contributed by atoms with Crippen molar-refractivity contribution >= 4 is 65.5 Å². The number of benzene rings is 1. The van der Waals surface area contributed by atoms with Gasteiger partial charge in [-0.2, -0.15) is 4.99 Å². The Morgan fingerprint density at radius 2 is 1.89 bits per heavy atom. The second-order valence-corrected chi connectivity index (χ2v) is 12.6. The van der Waals surface area contributed by atoms with E-state index in [1.165, 1.54) is 29.8 Å². The average Bonchev–Trinajstić information content (AvgIpc) is 3.28. The van der Waals surface area contributed by atoms with E-state index in [4.69, 9.17) is 4.74 Å². The summed E-state index contributed by atoms with van der Waals surface area (Å²) in [6.45, 7) is 1.96. The van der Waals surface area contributed by atoms with Crippen LogP contribution in [0.1, 0.15) is 39.2 Å². The molecule has 0 radical (unpaired) electrons. The minimum atomic E-state index is -4.08. The second-order valence-electron chi connectivity index (χ2n) is 8.41. The number of carbonyl (C=O) groups is 3. The van der Waals surface area contributed by atoms with E-state index in [1.807, 2.05) is 25.1 Å². The predicted molar refractivity (Wildman–Crippen MR) is 136 cm³/mol. The highest BCUT2D eigenvalue weighted by Gasteiger charge is 2.28. The van der Waals surface area contributed by atoms with Crippen molar-refractivity contribution < 1.29 is 27.5 Å². The minimum Gasteiger partial charge on any atom is -0.465 e. The normalized spacial score (nSPS) is 14.1. The van der Waals surface area contributed by atoms with E-state index in [1.54, 1.807) is 11.6 Å². The van der Waals surface area contributed by atoms with Crippen LogP contribution in [0.15, 0.2) is 23.2 Å². The van der Waals surface area contributed by atoms with E-state index in [0.717, 1.165) is 45.5 Å². The molecule has 12 heteroatoms. The SMILES string of the molecule is COC(=O)c1c(NC(=O)CS(=O)(=O)CC(=O)N=c2sc3cc(C)ccc3n2C)sc2c1CCCC2. The van der Waals surface area contributed by atoms with E-state index >= 15 is 0 Å². The Labute approximate surface area is 210 Å². The highest BCUT2D eigenvalue weighted by molar-refractivity contribution is 7.92. The number of thiophene rings is 1. The number of nitrogens with zero attached hydrogens (tertiary/aromatic N) is 2. The van der Waals surface area contributed by atoms with Gasteiger partial charge in [0.05, 0.1) is 22.9 Å². The summed E-state index contributed by atoms with van der Waals surface area (Å²) in [6, 6.07) is 5.83. The highest BCUT2D eigenvalue weighted by Crippen LogP contribution is 2.38. The van der Waals surface area contributed by atoms with Gasteiger partial charge in [0, 0.05) is 11.9 Å².